The minimum Gasteiger partial charge on any atom is -0.385 e. The van der Waals surface area contributed by atoms with Crippen LogP contribution in [0.5, 0.6) is 0 Å². The quantitative estimate of drug-likeness (QED) is 0.837. The number of terminal acetylenes is 1. The first-order chi connectivity index (χ1) is 8.55. The van der Waals surface area contributed by atoms with Gasteiger partial charge in [0.05, 0.1) is 11.4 Å². The number of nitrogens with zero attached hydrogens (tertiary/aromatic N) is 1. The molecule has 0 saturated carbocycles. The van der Waals surface area contributed by atoms with Crippen molar-refractivity contribution in [3.05, 3.63) is 23.8 Å². The number of sulfonamides is 1. The standard InChI is InChI=1S/C13H16N2O2S/c1-3-9-15(2)18(16,17)12-6-7-13-11(10-12)5-4-8-14-13/h1,6-7,10,14H,4-5,8-9H2,2H3. The average molecular weight is 264 g/mol. The van der Waals surface area contributed by atoms with E-state index in [4.69, 9.17) is 6.42 Å². The molecule has 1 N–H and O–H groups in total. The van der Waals surface area contributed by atoms with E-state index in [1.165, 1.54) is 11.4 Å². The van der Waals surface area contributed by atoms with Crippen LogP contribution in [0.4, 0.5) is 5.69 Å². The molecule has 1 aromatic carbocycles. The van der Waals surface area contributed by atoms with E-state index in [1.54, 1.807) is 12.1 Å². The van der Waals surface area contributed by atoms with E-state index in [0.717, 1.165) is 30.6 Å². The second kappa shape index (κ2) is 5.01. The van der Waals surface area contributed by atoms with Crippen molar-refractivity contribution in [2.75, 3.05) is 25.5 Å². The van der Waals surface area contributed by atoms with Gasteiger partial charge in [0.25, 0.3) is 0 Å². The molecule has 1 heterocycles. The lowest BCUT2D eigenvalue weighted by Crippen LogP contribution is -2.27. The Morgan fingerprint density at radius 1 is 1.50 bits per heavy atom. The van der Waals surface area contributed by atoms with Gasteiger partial charge in [-0.3, -0.25) is 0 Å². The maximum absolute atomic E-state index is 12.2. The third-order valence-corrected chi connectivity index (χ3v) is 4.84. The molecule has 4 nitrogen and oxygen atoms in total. The van der Waals surface area contributed by atoms with Crippen LogP contribution in [0, 0.1) is 12.3 Å². The Bertz CT molecular complexity index is 587. The summed E-state index contributed by atoms with van der Waals surface area (Å²) < 4.78 is 25.6. The summed E-state index contributed by atoms with van der Waals surface area (Å²) in [5.74, 6) is 2.34. The van der Waals surface area contributed by atoms with Crippen molar-refractivity contribution in [1.82, 2.24) is 4.31 Å². The fraction of sp³-hybridized carbons (Fsp3) is 0.385. The molecule has 0 aliphatic carbocycles. The van der Waals surface area contributed by atoms with Crippen LogP contribution in [0.15, 0.2) is 23.1 Å². The minimum atomic E-state index is -3.47. The monoisotopic (exact) mass is 264 g/mol. The Morgan fingerprint density at radius 3 is 3.00 bits per heavy atom. The van der Waals surface area contributed by atoms with E-state index in [2.05, 4.69) is 11.2 Å². The predicted octanol–water partition coefficient (Wildman–Crippen LogP) is 1.30. The van der Waals surface area contributed by atoms with E-state index in [-0.39, 0.29) is 6.54 Å². The van der Waals surface area contributed by atoms with Crippen molar-refractivity contribution in [1.29, 1.82) is 0 Å². The van der Waals surface area contributed by atoms with Crippen LogP contribution >= 0.6 is 0 Å². The molecule has 1 aliphatic heterocycles. The summed E-state index contributed by atoms with van der Waals surface area (Å²) in [6.07, 6.45) is 7.08. The molecule has 0 atom stereocenters. The van der Waals surface area contributed by atoms with E-state index in [1.807, 2.05) is 6.07 Å². The molecular weight excluding hydrogens is 248 g/mol. The maximum Gasteiger partial charge on any atom is 0.243 e. The fourth-order valence-electron chi connectivity index (χ4n) is 2.01. The molecule has 5 heteroatoms. The van der Waals surface area contributed by atoms with Crippen molar-refractivity contribution in [3.63, 3.8) is 0 Å². The molecule has 0 radical (unpaired) electrons. The van der Waals surface area contributed by atoms with E-state index >= 15 is 0 Å². The van der Waals surface area contributed by atoms with E-state index in [0.29, 0.717) is 4.90 Å². The lowest BCUT2D eigenvalue weighted by molar-refractivity contribution is 0.503. The van der Waals surface area contributed by atoms with Gasteiger partial charge in [-0.15, -0.1) is 6.42 Å². The highest BCUT2D eigenvalue weighted by Crippen LogP contribution is 2.26. The van der Waals surface area contributed by atoms with Crippen LogP contribution in [0.3, 0.4) is 0 Å². The molecule has 18 heavy (non-hydrogen) atoms. The first-order valence-corrected chi connectivity index (χ1v) is 7.26. The zero-order chi connectivity index (χ0) is 13.2. The van der Waals surface area contributed by atoms with E-state index in [9.17, 15) is 8.42 Å². The van der Waals surface area contributed by atoms with Crippen LogP contribution < -0.4 is 5.32 Å². The number of aryl methyl sites for hydroxylation is 1. The van der Waals surface area contributed by atoms with Gasteiger partial charge in [0, 0.05) is 19.3 Å². The SMILES string of the molecule is C#CCN(C)S(=O)(=O)c1ccc2c(c1)CCCN2. The number of rotatable bonds is 3. The van der Waals surface area contributed by atoms with Crippen molar-refractivity contribution < 1.29 is 8.42 Å². The molecule has 0 saturated heterocycles. The summed E-state index contributed by atoms with van der Waals surface area (Å²) in [5.41, 5.74) is 2.08. The molecule has 0 fully saturated rings. The van der Waals surface area contributed by atoms with E-state index < -0.39 is 10.0 Å². The lowest BCUT2D eigenvalue weighted by Gasteiger charge is -2.20. The maximum atomic E-state index is 12.2. The van der Waals surface area contributed by atoms with Gasteiger partial charge in [-0.25, -0.2) is 8.42 Å². The van der Waals surface area contributed by atoms with Crippen molar-refractivity contribution in [3.8, 4) is 12.3 Å². The third kappa shape index (κ3) is 2.35. The molecule has 0 aromatic heterocycles. The summed E-state index contributed by atoms with van der Waals surface area (Å²) in [6.45, 7) is 1.02. The molecule has 0 spiro atoms. The number of hydrogen-bond acceptors (Lipinski definition) is 3. The zero-order valence-corrected chi connectivity index (χ0v) is 11.1. The molecule has 96 valence electrons. The van der Waals surface area contributed by atoms with Gasteiger partial charge in [0.1, 0.15) is 0 Å². The average Bonchev–Trinajstić information content (AvgIpc) is 2.38. The fourth-order valence-corrected chi connectivity index (χ4v) is 3.14. The Kier molecular flexibility index (Phi) is 3.60. The molecule has 1 aromatic rings. The number of hydrogen-bond donors (Lipinski definition) is 1. The van der Waals surface area contributed by atoms with Gasteiger partial charge < -0.3 is 5.32 Å². The highest BCUT2D eigenvalue weighted by molar-refractivity contribution is 7.89. The number of fused-ring (bicyclic) bond motifs is 1. The Labute approximate surface area is 108 Å². The molecule has 2 rings (SSSR count). The first-order valence-electron chi connectivity index (χ1n) is 5.82. The van der Waals surface area contributed by atoms with Gasteiger partial charge in [0.2, 0.25) is 10.0 Å². The molecular formula is C13H16N2O2S. The number of benzene rings is 1. The molecule has 0 bridgehead atoms. The van der Waals surface area contributed by atoms with Gasteiger partial charge in [-0.2, -0.15) is 4.31 Å². The lowest BCUT2D eigenvalue weighted by atomic mass is 10.0. The van der Waals surface area contributed by atoms with Crippen LogP contribution in [-0.2, 0) is 16.4 Å². The highest BCUT2D eigenvalue weighted by atomic mass is 32.2. The number of nitrogens with one attached hydrogen (secondary N) is 1. The first kappa shape index (κ1) is 12.9. The predicted molar refractivity (Wildman–Crippen MR) is 71.9 cm³/mol. The highest BCUT2D eigenvalue weighted by Gasteiger charge is 2.21. The van der Waals surface area contributed by atoms with Gasteiger partial charge >= 0.3 is 0 Å². The van der Waals surface area contributed by atoms with Crippen LogP contribution in [-0.4, -0.2) is 32.9 Å². The third-order valence-electron chi connectivity index (χ3n) is 3.04. The Morgan fingerprint density at radius 2 is 2.28 bits per heavy atom. The number of anilines is 1. The van der Waals surface area contributed by atoms with Gasteiger partial charge in [-0.05, 0) is 36.6 Å². The van der Waals surface area contributed by atoms with Crippen molar-refractivity contribution in [2.45, 2.75) is 17.7 Å². The largest absolute Gasteiger partial charge is 0.385 e. The summed E-state index contributed by atoms with van der Waals surface area (Å²) in [4.78, 5) is 0.308. The van der Waals surface area contributed by atoms with Gasteiger partial charge in [0.15, 0.2) is 0 Å². The Hall–Kier alpha value is -1.51. The van der Waals surface area contributed by atoms with Crippen LogP contribution in [0.2, 0.25) is 0 Å². The second-order valence-electron chi connectivity index (χ2n) is 4.31. The van der Waals surface area contributed by atoms with Crippen LogP contribution in [0.1, 0.15) is 12.0 Å². The summed E-state index contributed by atoms with van der Waals surface area (Å²) in [5, 5.41) is 3.25. The van der Waals surface area contributed by atoms with Crippen molar-refractivity contribution in [2.24, 2.45) is 0 Å². The smallest absolute Gasteiger partial charge is 0.243 e. The van der Waals surface area contributed by atoms with Gasteiger partial charge in [-0.1, -0.05) is 5.92 Å². The minimum absolute atomic E-state index is 0.0810. The van der Waals surface area contributed by atoms with Crippen molar-refractivity contribution >= 4 is 15.7 Å². The molecule has 0 amide bonds. The zero-order valence-electron chi connectivity index (χ0n) is 10.3. The molecule has 0 unspecified atom stereocenters. The Balaban J connectivity index is 2.37. The summed E-state index contributed by atoms with van der Waals surface area (Å²) in [6, 6.07) is 5.19. The second-order valence-corrected chi connectivity index (χ2v) is 6.36. The summed E-state index contributed by atoms with van der Waals surface area (Å²) >= 11 is 0. The normalized spacial score (nSPS) is 14.7. The summed E-state index contributed by atoms with van der Waals surface area (Å²) in [7, 11) is -1.98. The molecule has 1 aliphatic rings. The van der Waals surface area contributed by atoms with Crippen LogP contribution in [0.25, 0.3) is 0 Å². The topological polar surface area (TPSA) is 49.4 Å².